The van der Waals surface area contributed by atoms with Gasteiger partial charge in [-0.2, -0.15) is 0 Å². The molecule has 1 nitrogen and oxygen atoms in total. The van der Waals surface area contributed by atoms with Crippen molar-refractivity contribution < 1.29 is 5.11 Å². The maximum Gasteiger partial charge on any atom is 0.0571 e. The molecule has 11 heavy (non-hydrogen) atoms. The first-order valence-corrected chi connectivity index (χ1v) is 4.84. The smallest absolute Gasteiger partial charge is 0.0571 e. The SMILES string of the molecule is CCC1(C)CC2CC1CC2O. The van der Waals surface area contributed by atoms with Gasteiger partial charge in [0.05, 0.1) is 6.10 Å². The van der Waals surface area contributed by atoms with Crippen molar-refractivity contribution in [2.24, 2.45) is 17.3 Å². The number of fused-ring (bicyclic) bond motifs is 2. The van der Waals surface area contributed by atoms with E-state index in [0.29, 0.717) is 11.3 Å². The van der Waals surface area contributed by atoms with Crippen LogP contribution < -0.4 is 0 Å². The van der Waals surface area contributed by atoms with E-state index in [0.717, 1.165) is 12.3 Å². The lowest BCUT2D eigenvalue weighted by atomic mass is 9.72. The largest absolute Gasteiger partial charge is 0.393 e. The van der Waals surface area contributed by atoms with E-state index in [-0.39, 0.29) is 6.10 Å². The van der Waals surface area contributed by atoms with E-state index in [9.17, 15) is 5.11 Å². The highest BCUT2D eigenvalue weighted by atomic mass is 16.3. The Morgan fingerprint density at radius 2 is 2.18 bits per heavy atom. The van der Waals surface area contributed by atoms with Gasteiger partial charge in [-0.15, -0.1) is 0 Å². The molecule has 0 aliphatic heterocycles. The minimum Gasteiger partial charge on any atom is -0.393 e. The Kier molecular flexibility index (Phi) is 1.54. The van der Waals surface area contributed by atoms with Crippen LogP contribution in [0.3, 0.4) is 0 Å². The number of aliphatic hydroxyl groups excluding tert-OH is 1. The molecule has 0 radical (unpaired) electrons. The third kappa shape index (κ3) is 0.936. The monoisotopic (exact) mass is 154 g/mol. The van der Waals surface area contributed by atoms with Crippen LogP contribution in [0.25, 0.3) is 0 Å². The van der Waals surface area contributed by atoms with E-state index in [4.69, 9.17) is 0 Å². The van der Waals surface area contributed by atoms with Crippen LogP contribution in [-0.2, 0) is 0 Å². The van der Waals surface area contributed by atoms with Crippen molar-refractivity contribution in [1.82, 2.24) is 0 Å². The van der Waals surface area contributed by atoms with Gasteiger partial charge in [-0.25, -0.2) is 0 Å². The molecule has 0 aromatic heterocycles. The molecule has 1 N–H and O–H groups in total. The molecule has 0 heterocycles. The summed E-state index contributed by atoms with van der Waals surface area (Å²) >= 11 is 0. The van der Waals surface area contributed by atoms with Crippen molar-refractivity contribution in [3.63, 3.8) is 0 Å². The van der Waals surface area contributed by atoms with Crippen molar-refractivity contribution in [2.45, 2.75) is 45.6 Å². The lowest BCUT2D eigenvalue weighted by Gasteiger charge is -2.34. The normalized spacial score (nSPS) is 55.4. The second-order valence-corrected chi connectivity index (χ2v) is 4.71. The predicted octanol–water partition coefficient (Wildman–Crippen LogP) is 2.19. The van der Waals surface area contributed by atoms with E-state index in [1.165, 1.54) is 19.3 Å². The minimum atomic E-state index is 0.0413. The topological polar surface area (TPSA) is 20.2 Å². The Morgan fingerprint density at radius 1 is 1.45 bits per heavy atom. The molecular formula is C10H18O. The van der Waals surface area contributed by atoms with Crippen molar-refractivity contribution in [3.8, 4) is 0 Å². The van der Waals surface area contributed by atoms with Gasteiger partial charge in [-0.3, -0.25) is 0 Å². The fourth-order valence-electron chi connectivity index (χ4n) is 3.09. The molecule has 2 aliphatic carbocycles. The number of hydrogen-bond donors (Lipinski definition) is 1. The molecular weight excluding hydrogens is 136 g/mol. The molecule has 0 amide bonds. The molecule has 2 aliphatic rings. The van der Waals surface area contributed by atoms with Gasteiger partial charge in [0.1, 0.15) is 0 Å². The van der Waals surface area contributed by atoms with Crippen LogP contribution in [0.5, 0.6) is 0 Å². The molecule has 64 valence electrons. The number of rotatable bonds is 1. The standard InChI is InChI=1S/C10H18O/c1-3-10(2)6-7-4-8(10)5-9(7)11/h7-9,11H,3-6H2,1-2H3. The second kappa shape index (κ2) is 2.22. The Balaban J connectivity index is 2.13. The summed E-state index contributed by atoms with van der Waals surface area (Å²) < 4.78 is 0. The summed E-state index contributed by atoms with van der Waals surface area (Å²) in [5, 5.41) is 9.55. The summed E-state index contributed by atoms with van der Waals surface area (Å²) in [5.41, 5.74) is 0.573. The molecule has 0 aromatic carbocycles. The first kappa shape index (κ1) is 7.60. The van der Waals surface area contributed by atoms with Gasteiger partial charge in [0.25, 0.3) is 0 Å². The van der Waals surface area contributed by atoms with Crippen molar-refractivity contribution in [1.29, 1.82) is 0 Å². The lowest BCUT2D eigenvalue weighted by molar-refractivity contribution is 0.0584. The maximum atomic E-state index is 9.55. The van der Waals surface area contributed by atoms with Crippen molar-refractivity contribution >= 4 is 0 Å². The first-order chi connectivity index (χ1) is 5.15. The summed E-state index contributed by atoms with van der Waals surface area (Å²) in [6, 6.07) is 0. The van der Waals surface area contributed by atoms with Gasteiger partial charge in [-0.05, 0) is 36.5 Å². The Morgan fingerprint density at radius 3 is 2.55 bits per heavy atom. The Bertz CT molecular complexity index is 164. The summed E-state index contributed by atoms with van der Waals surface area (Å²) in [7, 11) is 0. The van der Waals surface area contributed by atoms with Crippen LogP contribution in [0.1, 0.15) is 39.5 Å². The zero-order chi connectivity index (χ0) is 8.06. The summed E-state index contributed by atoms with van der Waals surface area (Å²) in [6.07, 6.45) is 4.98. The molecule has 1 heteroatoms. The molecule has 2 rings (SSSR count). The molecule has 2 bridgehead atoms. The zero-order valence-corrected chi connectivity index (χ0v) is 7.51. The molecule has 4 unspecified atom stereocenters. The van der Waals surface area contributed by atoms with Crippen LogP contribution in [-0.4, -0.2) is 11.2 Å². The van der Waals surface area contributed by atoms with Crippen molar-refractivity contribution in [3.05, 3.63) is 0 Å². The fourth-order valence-corrected chi connectivity index (χ4v) is 3.09. The van der Waals surface area contributed by atoms with Gasteiger partial charge >= 0.3 is 0 Å². The average molecular weight is 154 g/mol. The molecule has 0 aromatic rings. The second-order valence-electron chi connectivity index (χ2n) is 4.71. The summed E-state index contributed by atoms with van der Waals surface area (Å²) in [4.78, 5) is 0. The highest BCUT2D eigenvalue weighted by Gasteiger charge is 2.50. The van der Waals surface area contributed by atoms with E-state index < -0.39 is 0 Å². The third-order valence-corrected chi connectivity index (χ3v) is 4.18. The molecule has 2 saturated carbocycles. The Labute approximate surface area is 68.8 Å². The highest BCUT2D eigenvalue weighted by Crippen LogP contribution is 2.57. The van der Waals surface area contributed by atoms with Gasteiger partial charge in [0.2, 0.25) is 0 Å². The van der Waals surface area contributed by atoms with Gasteiger partial charge in [0, 0.05) is 0 Å². The van der Waals surface area contributed by atoms with Gasteiger partial charge in [-0.1, -0.05) is 20.3 Å². The lowest BCUT2D eigenvalue weighted by Crippen LogP contribution is -2.29. The van der Waals surface area contributed by atoms with Crippen LogP contribution in [0.4, 0.5) is 0 Å². The molecule has 0 spiro atoms. The molecule has 4 atom stereocenters. The van der Waals surface area contributed by atoms with Crippen molar-refractivity contribution in [2.75, 3.05) is 0 Å². The van der Waals surface area contributed by atoms with Crippen LogP contribution in [0.15, 0.2) is 0 Å². The number of hydrogen-bond acceptors (Lipinski definition) is 1. The average Bonchev–Trinajstić information content (AvgIpc) is 2.45. The van der Waals surface area contributed by atoms with Gasteiger partial charge < -0.3 is 5.11 Å². The quantitative estimate of drug-likeness (QED) is 0.614. The van der Waals surface area contributed by atoms with E-state index in [2.05, 4.69) is 13.8 Å². The van der Waals surface area contributed by atoms with Crippen LogP contribution >= 0.6 is 0 Å². The van der Waals surface area contributed by atoms with E-state index in [1.807, 2.05) is 0 Å². The maximum absolute atomic E-state index is 9.55. The van der Waals surface area contributed by atoms with E-state index >= 15 is 0 Å². The number of aliphatic hydroxyl groups is 1. The Hall–Kier alpha value is -0.0400. The fraction of sp³-hybridized carbons (Fsp3) is 1.00. The third-order valence-electron chi connectivity index (χ3n) is 4.18. The van der Waals surface area contributed by atoms with Gasteiger partial charge in [0.15, 0.2) is 0 Å². The highest BCUT2D eigenvalue weighted by molar-refractivity contribution is 5.01. The minimum absolute atomic E-state index is 0.0413. The predicted molar refractivity (Wildman–Crippen MR) is 45.2 cm³/mol. The van der Waals surface area contributed by atoms with E-state index in [1.54, 1.807) is 0 Å². The first-order valence-electron chi connectivity index (χ1n) is 4.84. The molecule has 2 fully saturated rings. The van der Waals surface area contributed by atoms with Crippen LogP contribution in [0.2, 0.25) is 0 Å². The summed E-state index contributed by atoms with van der Waals surface area (Å²) in [6.45, 7) is 4.68. The van der Waals surface area contributed by atoms with Crippen LogP contribution in [0, 0.1) is 17.3 Å². The zero-order valence-electron chi connectivity index (χ0n) is 7.51. The molecule has 0 saturated heterocycles. The summed E-state index contributed by atoms with van der Waals surface area (Å²) in [5.74, 6) is 1.47.